The number of ether oxygens (including phenoxy) is 3. The minimum Gasteiger partial charge on any atom is -0.493 e. The van der Waals surface area contributed by atoms with Crippen molar-refractivity contribution >= 4 is 22.9 Å². The van der Waals surface area contributed by atoms with Crippen LogP contribution in [0.15, 0.2) is 66.3 Å². The van der Waals surface area contributed by atoms with Crippen molar-refractivity contribution in [1.29, 1.82) is 0 Å². The molecule has 0 saturated carbocycles. The van der Waals surface area contributed by atoms with Crippen LogP contribution in [0.25, 0.3) is 21.6 Å². The summed E-state index contributed by atoms with van der Waals surface area (Å²) in [6.45, 7) is 0.975. The number of benzene rings is 2. The first-order valence-corrected chi connectivity index (χ1v) is 12.9. The van der Waals surface area contributed by atoms with Crippen molar-refractivity contribution < 1.29 is 24.1 Å². The van der Waals surface area contributed by atoms with Gasteiger partial charge in [-0.2, -0.15) is 0 Å². The molecule has 1 aliphatic rings. The predicted molar refractivity (Wildman–Crippen MR) is 148 cm³/mol. The molecule has 14 nitrogen and oxygen atoms in total. The summed E-state index contributed by atoms with van der Waals surface area (Å²) in [6.07, 6.45) is -0.0420. The highest BCUT2D eigenvalue weighted by molar-refractivity contribution is 5.83. The van der Waals surface area contributed by atoms with Gasteiger partial charge in [0.15, 0.2) is 34.7 Å². The zero-order valence-corrected chi connectivity index (χ0v) is 22.4. The number of amides is 1. The van der Waals surface area contributed by atoms with Gasteiger partial charge in [-0.15, -0.1) is 0 Å². The standard InChI is InChI=1S/C27H29N9O5/c1-29-26(38)23-20(34-35-28)22(37)27(41-23)36-15-33-21-24(31-14-32-25(21)36)30-11-10-16-8-9-18(19(12-16)39-2)40-13-17-6-4-3-5-7-17/h3-9,12,14-15,20,22-23,27,37H,10-11,13H2,1-2H3,(H,29,38)(H,30,31,32). The number of azide groups is 1. The van der Waals surface area contributed by atoms with Crippen molar-refractivity contribution in [2.24, 2.45) is 5.11 Å². The van der Waals surface area contributed by atoms with Gasteiger partial charge in [0.1, 0.15) is 31.2 Å². The zero-order valence-electron chi connectivity index (χ0n) is 22.4. The molecule has 2 aromatic carbocycles. The van der Waals surface area contributed by atoms with Gasteiger partial charge in [-0.25, -0.2) is 15.0 Å². The van der Waals surface area contributed by atoms with Crippen LogP contribution in [0.2, 0.25) is 0 Å². The maximum atomic E-state index is 12.3. The van der Waals surface area contributed by atoms with Crippen LogP contribution >= 0.6 is 0 Å². The fraction of sp³-hybridized carbons (Fsp3) is 0.333. The van der Waals surface area contributed by atoms with Gasteiger partial charge in [0.25, 0.3) is 0 Å². The molecule has 2 aromatic heterocycles. The van der Waals surface area contributed by atoms with E-state index in [4.69, 9.17) is 19.7 Å². The number of carbonyl (C=O) groups excluding carboxylic acids is 1. The molecule has 212 valence electrons. The number of imidazole rings is 1. The van der Waals surface area contributed by atoms with E-state index in [1.165, 1.54) is 24.3 Å². The van der Waals surface area contributed by atoms with Gasteiger partial charge in [-0.3, -0.25) is 9.36 Å². The van der Waals surface area contributed by atoms with E-state index in [0.29, 0.717) is 48.1 Å². The fourth-order valence-electron chi connectivity index (χ4n) is 4.65. The van der Waals surface area contributed by atoms with Crippen molar-refractivity contribution in [2.45, 2.75) is 37.5 Å². The Labute approximate surface area is 234 Å². The average molecular weight is 560 g/mol. The molecule has 14 heteroatoms. The largest absolute Gasteiger partial charge is 0.493 e. The molecular formula is C27H29N9O5. The highest BCUT2D eigenvalue weighted by atomic mass is 16.5. The Morgan fingerprint density at radius 2 is 2.00 bits per heavy atom. The van der Waals surface area contributed by atoms with Crippen LogP contribution in [0.3, 0.4) is 0 Å². The van der Waals surface area contributed by atoms with Crippen LogP contribution in [0.5, 0.6) is 11.5 Å². The summed E-state index contributed by atoms with van der Waals surface area (Å²) >= 11 is 0. The Hall–Kier alpha value is -4.91. The van der Waals surface area contributed by atoms with E-state index in [0.717, 1.165) is 11.1 Å². The second-order valence-electron chi connectivity index (χ2n) is 9.23. The van der Waals surface area contributed by atoms with Crippen LogP contribution in [-0.4, -0.2) is 69.5 Å². The number of aromatic nitrogens is 4. The van der Waals surface area contributed by atoms with E-state index < -0.39 is 30.4 Å². The van der Waals surface area contributed by atoms with Crippen LogP contribution in [0.1, 0.15) is 17.4 Å². The van der Waals surface area contributed by atoms with Crippen molar-refractivity contribution in [3.05, 3.63) is 82.8 Å². The molecule has 0 radical (unpaired) electrons. The first kappa shape index (κ1) is 27.6. The molecule has 41 heavy (non-hydrogen) atoms. The van der Waals surface area contributed by atoms with E-state index in [2.05, 4.69) is 35.6 Å². The summed E-state index contributed by atoms with van der Waals surface area (Å²) in [5, 5.41) is 20.1. The molecule has 0 aliphatic carbocycles. The number of anilines is 1. The quantitative estimate of drug-likeness (QED) is 0.141. The third-order valence-electron chi connectivity index (χ3n) is 6.73. The Morgan fingerprint density at radius 1 is 1.17 bits per heavy atom. The predicted octanol–water partition coefficient (Wildman–Crippen LogP) is 2.75. The fourth-order valence-corrected chi connectivity index (χ4v) is 4.65. The van der Waals surface area contributed by atoms with Crippen LogP contribution in [0.4, 0.5) is 5.82 Å². The van der Waals surface area contributed by atoms with Gasteiger partial charge in [0.2, 0.25) is 5.91 Å². The van der Waals surface area contributed by atoms with E-state index in [-0.39, 0.29) is 0 Å². The number of rotatable bonds is 11. The zero-order chi connectivity index (χ0) is 28.8. The highest BCUT2D eigenvalue weighted by Gasteiger charge is 2.48. The number of hydrogen-bond donors (Lipinski definition) is 3. The lowest BCUT2D eigenvalue weighted by molar-refractivity contribution is -0.134. The number of nitrogens with one attached hydrogen (secondary N) is 2. The molecule has 4 atom stereocenters. The minimum absolute atomic E-state index is 0.380. The van der Waals surface area contributed by atoms with E-state index >= 15 is 0 Å². The molecule has 4 aromatic rings. The van der Waals surface area contributed by atoms with Crippen molar-refractivity contribution in [1.82, 2.24) is 24.8 Å². The molecule has 3 N–H and O–H groups in total. The van der Waals surface area contributed by atoms with Gasteiger partial charge in [0.05, 0.1) is 13.4 Å². The number of hydrogen-bond acceptors (Lipinski definition) is 10. The number of methoxy groups -OCH3 is 1. The summed E-state index contributed by atoms with van der Waals surface area (Å²) in [5.41, 5.74) is 11.8. The molecular weight excluding hydrogens is 530 g/mol. The maximum Gasteiger partial charge on any atom is 0.249 e. The SMILES string of the molecule is CNC(=O)C1OC(n2cnc3c(NCCc4ccc(OCc5ccccc5)c(OC)c4)ncnc32)C(O)C1N=[N+]=[N-]. The van der Waals surface area contributed by atoms with Gasteiger partial charge >= 0.3 is 0 Å². The molecule has 0 spiro atoms. The Bertz CT molecular complexity index is 1560. The summed E-state index contributed by atoms with van der Waals surface area (Å²) in [4.78, 5) is 28.0. The maximum absolute atomic E-state index is 12.3. The molecule has 1 amide bonds. The van der Waals surface area contributed by atoms with Gasteiger partial charge < -0.3 is 30.0 Å². The van der Waals surface area contributed by atoms with E-state index in [1.807, 2.05) is 48.5 Å². The third-order valence-corrected chi connectivity index (χ3v) is 6.73. The summed E-state index contributed by atoms with van der Waals surface area (Å²) in [6, 6.07) is 14.6. The lowest BCUT2D eigenvalue weighted by Gasteiger charge is -2.16. The van der Waals surface area contributed by atoms with Crippen molar-refractivity contribution in [2.75, 3.05) is 26.0 Å². The number of aliphatic hydroxyl groups excluding tert-OH is 1. The second-order valence-corrected chi connectivity index (χ2v) is 9.23. The molecule has 0 bridgehead atoms. The van der Waals surface area contributed by atoms with Gasteiger partial charge in [-0.1, -0.05) is 41.5 Å². The average Bonchev–Trinajstić information content (AvgIpc) is 3.58. The molecule has 3 heterocycles. The summed E-state index contributed by atoms with van der Waals surface area (Å²) < 4.78 is 18.8. The summed E-state index contributed by atoms with van der Waals surface area (Å²) in [7, 11) is 3.04. The van der Waals surface area contributed by atoms with E-state index in [9.17, 15) is 9.90 Å². The van der Waals surface area contributed by atoms with Gasteiger partial charge in [0, 0.05) is 18.5 Å². The number of nitrogens with zero attached hydrogens (tertiary/aromatic N) is 7. The topological polar surface area (TPSA) is 181 Å². The molecule has 1 fully saturated rings. The Morgan fingerprint density at radius 3 is 2.76 bits per heavy atom. The Kier molecular flexibility index (Phi) is 8.44. The van der Waals surface area contributed by atoms with Crippen LogP contribution < -0.4 is 20.1 Å². The number of carbonyl (C=O) groups is 1. The van der Waals surface area contributed by atoms with Crippen molar-refractivity contribution in [3.63, 3.8) is 0 Å². The second kappa shape index (κ2) is 12.5. The lowest BCUT2D eigenvalue weighted by atomic mass is 10.1. The number of aliphatic hydroxyl groups is 1. The van der Waals surface area contributed by atoms with E-state index in [1.54, 1.807) is 7.11 Å². The first-order valence-electron chi connectivity index (χ1n) is 12.9. The highest BCUT2D eigenvalue weighted by Crippen LogP contribution is 2.34. The molecule has 1 aliphatic heterocycles. The minimum atomic E-state index is -1.30. The number of fused-ring (bicyclic) bond motifs is 1. The monoisotopic (exact) mass is 559 g/mol. The molecule has 4 unspecified atom stereocenters. The lowest BCUT2D eigenvalue weighted by Crippen LogP contribution is -2.40. The van der Waals surface area contributed by atoms with Gasteiger partial charge in [-0.05, 0) is 35.2 Å². The molecule has 1 saturated heterocycles. The first-order chi connectivity index (χ1) is 20.0. The van der Waals surface area contributed by atoms with Crippen molar-refractivity contribution in [3.8, 4) is 11.5 Å². The third kappa shape index (κ3) is 5.84. The van der Waals surface area contributed by atoms with Crippen LogP contribution in [0, 0.1) is 0 Å². The normalized spacial score (nSPS) is 19.9. The summed E-state index contributed by atoms with van der Waals surface area (Å²) in [5.74, 6) is 1.28. The molecule has 5 rings (SSSR count). The number of likely N-dealkylation sites (N-methyl/N-ethyl adjacent to an activating group) is 1. The smallest absolute Gasteiger partial charge is 0.249 e. The van der Waals surface area contributed by atoms with Crippen LogP contribution in [-0.2, 0) is 22.6 Å². The Balaban J connectivity index is 1.26.